The number of halogens is 3. The average Bonchev–Trinajstić information content (AvgIpc) is 2.78. The van der Waals surface area contributed by atoms with Gasteiger partial charge in [-0.25, -0.2) is 0 Å². The molecule has 0 aromatic heterocycles. The lowest BCUT2D eigenvalue weighted by Gasteiger charge is -2.44. The maximum Gasteiger partial charge on any atom is 0.416 e. The molecule has 23 heavy (non-hydrogen) atoms. The predicted molar refractivity (Wildman–Crippen MR) is 83.8 cm³/mol. The summed E-state index contributed by atoms with van der Waals surface area (Å²) >= 11 is 0. The summed E-state index contributed by atoms with van der Waals surface area (Å²) in [6, 6.07) is 4.17. The minimum Gasteiger partial charge on any atom is -0.383 e. The van der Waals surface area contributed by atoms with Crippen LogP contribution >= 0.6 is 0 Å². The van der Waals surface area contributed by atoms with Crippen molar-refractivity contribution in [2.45, 2.75) is 31.0 Å². The highest BCUT2D eigenvalue weighted by atomic mass is 19.4. The molecule has 3 rings (SSSR count). The highest BCUT2D eigenvalue weighted by Gasteiger charge is 2.44. The van der Waals surface area contributed by atoms with Crippen molar-refractivity contribution < 1.29 is 17.9 Å². The fraction of sp³-hybridized carbons (Fsp3) is 0.647. The molecule has 0 aliphatic carbocycles. The minimum absolute atomic E-state index is 0.0316. The van der Waals surface area contributed by atoms with Gasteiger partial charge < -0.3 is 14.5 Å². The van der Waals surface area contributed by atoms with Gasteiger partial charge in [0.2, 0.25) is 0 Å². The average molecular weight is 328 g/mol. The molecule has 3 nitrogen and oxygen atoms in total. The third-order valence-electron chi connectivity index (χ3n) is 5.40. The fourth-order valence-electron chi connectivity index (χ4n) is 3.86. The first-order valence-corrected chi connectivity index (χ1v) is 8.01. The number of hydrogen-bond donors (Lipinski definition) is 0. The zero-order valence-electron chi connectivity index (χ0n) is 13.6. The van der Waals surface area contributed by atoms with Gasteiger partial charge in [0.1, 0.15) is 0 Å². The molecule has 0 amide bonds. The van der Waals surface area contributed by atoms with E-state index in [0.717, 1.165) is 56.8 Å². The minimum atomic E-state index is -4.28. The Morgan fingerprint density at radius 1 is 1.22 bits per heavy atom. The molecular weight excluding hydrogens is 305 g/mol. The molecule has 1 fully saturated rings. The summed E-state index contributed by atoms with van der Waals surface area (Å²) in [6.07, 6.45) is -1.49. The Labute approximate surface area is 135 Å². The Kier molecular flexibility index (Phi) is 4.31. The normalized spacial score (nSPS) is 21.0. The Morgan fingerprint density at radius 2 is 1.91 bits per heavy atom. The summed E-state index contributed by atoms with van der Waals surface area (Å²) in [6.45, 7) is 3.57. The molecule has 1 spiro atoms. The number of likely N-dealkylation sites (tertiary alicyclic amines) is 1. The molecular formula is C17H23F3N2O. The number of hydrogen-bond acceptors (Lipinski definition) is 3. The van der Waals surface area contributed by atoms with Gasteiger partial charge in [0, 0.05) is 45.0 Å². The quantitative estimate of drug-likeness (QED) is 0.848. The van der Waals surface area contributed by atoms with Crippen molar-refractivity contribution in [3.63, 3.8) is 0 Å². The zero-order chi connectivity index (χ0) is 16.7. The molecule has 6 heteroatoms. The largest absolute Gasteiger partial charge is 0.416 e. The molecule has 2 aliphatic rings. The third kappa shape index (κ3) is 3.06. The smallest absolute Gasteiger partial charge is 0.383 e. The zero-order valence-corrected chi connectivity index (χ0v) is 13.6. The Bertz CT molecular complexity index is 565. The van der Waals surface area contributed by atoms with Crippen LogP contribution in [0.3, 0.4) is 0 Å². The lowest BCUT2D eigenvalue weighted by Crippen LogP contribution is -2.53. The SMILES string of the molecule is COCCN1CCC2(CC1)Cc1ccc(C(F)(F)F)cc1N2C. The Hall–Kier alpha value is -1.27. The molecule has 128 valence electrons. The molecule has 0 radical (unpaired) electrons. The second-order valence-electron chi connectivity index (χ2n) is 6.64. The molecule has 0 saturated carbocycles. The van der Waals surface area contributed by atoms with Crippen LogP contribution in [-0.4, -0.2) is 50.8 Å². The van der Waals surface area contributed by atoms with E-state index >= 15 is 0 Å². The maximum atomic E-state index is 12.9. The number of benzene rings is 1. The molecule has 0 N–H and O–H groups in total. The molecule has 0 atom stereocenters. The van der Waals surface area contributed by atoms with Crippen molar-refractivity contribution in [2.24, 2.45) is 0 Å². The van der Waals surface area contributed by atoms with E-state index < -0.39 is 11.7 Å². The van der Waals surface area contributed by atoms with Gasteiger partial charge in [0.15, 0.2) is 0 Å². The van der Waals surface area contributed by atoms with Crippen LogP contribution in [0.15, 0.2) is 18.2 Å². The van der Waals surface area contributed by atoms with Crippen molar-refractivity contribution in [2.75, 3.05) is 45.3 Å². The Balaban J connectivity index is 1.75. The molecule has 1 aromatic carbocycles. The topological polar surface area (TPSA) is 15.7 Å². The molecule has 0 bridgehead atoms. The van der Waals surface area contributed by atoms with E-state index in [1.807, 2.05) is 7.05 Å². The fourth-order valence-corrected chi connectivity index (χ4v) is 3.86. The first-order chi connectivity index (χ1) is 10.9. The monoisotopic (exact) mass is 328 g/mol. The first kappa shape index (κ1) is 16.6. The van der Waals surface area contributed by atoms with Crippen LogP contribution in [0.2, 0.25) is 0 Å². The number of likely N-dealkylation sites (N-methyl/N-ethyl adjacent to an activating group) is 1. The van der Waals surface area contributed by atoms with Crippen molar-refractivity contribution in [1.82, 2.24) is 4.90 Å². The van der Waals surface area contributed by atoms with Gasteiger partial charge in [-0.2, -0.15) is 13.2 Å². The van der Waals surface area contributed by atoms with Crippen LogP contribution in [0.25, 0.3) is 0 Å². The van der Waals surface area contributed by atoms with Crippen molar-refractivity contribution >= 4 is 5.69 Å². The second-order valence-corrected chi connectivity index (χ2v) is 6.64. The molecule has 2 heterocycles. The number of fused-ring (bicyclic) bond motifs is 1. The van der Waals surface area contributed by atoms with Crippen molar-refractivity contribution in [3.8, 4) is 0 Å². The molecule has 1 aromatic rings. The van der Waals surface area contributed by atoms with E-state index in [0.29, 0.717) is 0 Å². The lowest BCUT2D eigenvalue weighted by atomic mass is 9.84. The maximum absolute atomic E-state index is 12.9. The summed E-state index contributed by atoms with van der Waals surface area (Å²) in [5, 5.41) is 0. The summed E-state index contributed by atoms with van der Waals surface area (Å²) in [5.41, 5.74) is 1.18. The third-order valence-corrected chi connectivity index (χ3v) is 5.40. The molecule has 2 aliphatic heterocycles. The summed E-state index contributed by atoms with van der Waals surface area (Å²) in [7, 11) is 3.64. The molecule has 0 unspecified atom stereocenters. The highest BCUT2D eigenvalue weighted by molar-refractivity contribution is 5.63. The lowest BCUT2D eigenvalue weighted by molar-refractivity contribution is -0.137. The number of methoxy groups -OCH3 is 1. The summed E-state index contributed by atoms with van der Waals surface area (Å²) in [4.78, 5) is 4.46. The van der Waals surface area contributed by atoms with Crippen LogP contribution in [0.4, 0.5) is 18.9 Å². The van der Waals surface area contributed by atoms with E-state index in [-0.39, 0.29) is 5.54 Å². The van der Waals surface area contributed by atoms with Crippen LogP contribution in [0.5, 0.6) is 0 Å². The van der Waals surface area contributed by atoms with Gasteiger partial charge in [-0.05, 0) is 37.0 Å². The number of piperidine rings is 1. The number of alkyl halides is 3. The van der Waals surface area contributed by atoms with Crippen molar-refractivity contribution in [3.05, 3.63) is 29.3 Å². The van der Waals surface area contributed by atoms with E-state index in [1.165, 1.54) is 12.1 Å². The standard InChI is InChI=1S/C17H23F3N2O/c1-21-15-11-14(17(18,19)20)4-3-13(15)12-16(21)5-7-22(8-6-16)9-10-23-2/h3-4,11H,5-10,12H2,1-2H3. The predicted octanol–water partition coefficient (Wildman–Crippen LogP) is 3.18. The van der Waals surface area contributed by atoms with Crippen molar-refractivity contribution in [1.29, 1.82) is 0 Å². The van der Waals surface area contributed by atoms with E-state index in [4.69, 9.17) is 4.74 Å². The van der Waals surface area contributed by atoms with Gasteiger partial charge in [-0.15, -0.1) is 0 Å². The molecule has 1 saturated heterocycles. The van der Waals surface area contributed by atoms with Gasteiger partial charge in [0.05, 0.1) is 12.2 Å². The van der Waals surface area contributed by atoms with Crippen LogP contribution in [0, 0.1) is 0 Å². The van der Waals surface area contributed by atoms with Gasteiger partial charge in [0.25, 0.3) is 0 Å². The van der Waals surface area contributed by atoms with Crippen LogP contribution in [-0.2, 0) is 17.3 Å². The van der Waals surface area contributed by atoms with Crippen LogP contribution < -0.4 is 4.90 Å². The van der Waals surface area contributed by atoms with Gasteiger partial charge >= 0.3 is 6.18 Å². The summed E-state index contributed by atoms with van der Waals surface area (Å²) < 4.78 is 44.0. The number of nitrogens with zero attached hydrogens (tertiary/aromatic N) is 2. The van der Waals surface area contributed by atoms with E-state index in [1.54, 1.807) is 13.2 Å². The van der Waals surface area contributed by atoms with Crippen LogP contribution in [0.1, 0.15) is 24.0 Å². The second kappa shape index (κ2) is 5.98. The van der Waals surface area contributed by atoms with E-state index in [9.17, 15) is 13.2 Å². The number of ether oxygens (including phenoxy) is 1. The van der Waals surface area contributed by atoms with Gasteiger partial charge in [-0.3, -0.25) is 0 Å². The van der Waals surface area contributed by atoms with E-state index in [2.05, 4.69) is 9.80 Å². The first-order valence-electron chi connectivity index (χ1n) is 8.01. The Morgan fingerprint density at radius 3 is 2.52 bits per heavy atom. The highest BCUT2D eigenvalue weighted by Crippen LogP contribution is 2.45. The summed E-state index contributed by atoms with van der Waals surface area (Å²) in [5.74, 6) is 0. The number of rotatable bonds is 3. The van der Waals surface area contributed by atoms with Gasteiger partial charge in [-0.1, -0.05) is 6.07 Å². The number of anilines is 1.